The number of hydrogen-bond acceptors (Lipinski definition) is 3. The van der Waals surface area contributed by atoms with Gasteiger partial charge in [0.1, 0.15) is 0 Å². The van der Waals surface area contributed by atoms with Gasteiger partial charge in [0.15, 0.2) is 18.2 Å². The maximum Gasteiger partial charge on any atom is 0.199 e. The van der Waals surface area contributed by atoms with Crippen LogP contribution in [0.5, 0.6) is 0 Å². The van der Waals surface area contributed by atoms with E-state index >= 15 is 0 Å². The molecule has 118 valence electrons. The molecule has 0 heterocycles. The minimum Gasteiger partial charge on any atom is -0.417 e. The molecule has 0 atom stereocenters. The zero-order valence-corrected chi connectivity index (χ0v) is 15.4. The normalized spacial score (nSPS) is 13.8. The summed E-state index contributed by atoms with van der Waals surface area (Å²) in [7, 11) is -5.08. The first-order valence-electron chi connectivity index (χ1n) is 7.17. The summed E-state index contributed by atoms with van der Waals surface area (Å²) >= 11 is 0. The predicted octanol–water partition coefficient (Wildman–Crippen LogP) is 4.39. The molecule has 0 aliphatic heterocycles. The summed E-state index contributed by atoms with van der Waals surface area (Å²) in [6, 6.07) is 8.45. The Morgan fingerprint density at radius 3 is 2.24 bits per heavy atom. The molecule has 0 saturated heterocycles. The Bertz CT molecular complexity index is 569. The fraction of sp³-hybridized carbons (Fsp3) is 0.500. The van der Waals surface area contributed by atoms with Crippen LogP contribution in [0, 0.1) is 0 Å². The van der Waals surface area contributed by atoms with E-state index in [0.717, 1.165) is 0 Å². The lowest BCUT2D eigenvalue weighted by atomic mass is 10.2. The largest absolute Gasteiger partial charge is 0.417 e. The van der Waals surface area contributed by atoms with Gasteiger partial charge >= 0.3 is 0 Å². The van der Waals surface area contributed by atoms with E-state index in [1.54, 1.807) is 36.4 Å². The fourth-order valence-corrected chi connectivity index (χ4v) is 3.63. The Labute approximate surface area is 130 Å². The minimum atomic E-state index is -3.33. The summed E-state index contributed by atoms with van der Waals surface area (Å²) in [6.45, 7) is 11.5. The van der Waals surface area contributed by atoms with Crippen LogP contribution in [-0.2, 0) is 14.3 Å². The van der Waals surface area contributed by atoms with E-state index in [4.69, 9.17) is 4.43 Å². The number of hydrogen-bond donors (Lipinski definition) is 0. The van der Waals surface area contributed by atoms with Crippen molar-refractivity contribution in [2.24, 2.45) is 0 Å². The second kappa shape index (κ2) is 6.90. The zero-order chi connectivity index (χ0) is 16.1. The third-order valence-corrected chi connectivity index (χ3v) is 9.92. The van der Waals surface area contributed by atoms with Gasteiger partial charge in [-0.3, -0.25) is 0 Å². The lowest BCUT2D eigenvalue weighted by molar-refractivity contribution is 0.294. The van der Waals surface area contributed by atoms with E-state index in [2.05, 4.69) is 33.9 Å². The molecule has 0 unspecified atom stereocenters. The molecule has 1 aromatic rings. The Hall–Kier alpha value is -0.913. The molecule has 0 aliphatic rings. The first kappa shape index (κ1) is 18.1. The van der Waals surface area contributed by atoms with Gasteiger partial charge in [0.2, 0.25) is 0 Å². The van der Waals surface area contributed by atoms with Crippen LogP contribution >= 0.6 is 0 Å². The number of sulfone groups is 1. The van der Waals surface area contributed by atoms with Crippen molar-refractivity contribution in [1.82, 2.24) is 0 Å². The van der Waals surface area contributed by atoms with Gasteiger partial charge in [-0.1, -0.05) is 45.0 Å². The summed E-state index contributed by atoms with van der Waals surface area (Å²) in [5, 5.41) is 1.45. The third-order valence-electron chi connectivity index (χ3n) is 3.90. The average Bonchev–Trinajstić information content (AvgIpc) is 2.38. The molecule has 1 aromatic carbocycles. The van der Waals surface area contributed by atoms with E-state index in [9.17, 15) is 8.42 Å². The Balaban J connectivity index is 2.54. The molecular weight excluding hydrogens is 300 g/mol. The van der Waals surface area contributed by atoms with Gasteiger partial charge in [0.05, 0.1) is 4.90 Å². The Morgan fingerprint density at radius 1 is 1.14 bits per heavy atom. The van der Waals surface area contributed by atoms with E-state index in [-0.39, 0.29) is 5.04 Å². The highest BCUT2D eigenvalue weighted by molar-refractivity contribution is 7.94. The van der Waals surface area contributed by atoms with Crippen molar-refractivity contribution in [2.75, 3.05) is 6.61 Å². The van der Waals surface area contributed by atoms with Gasteiger partial charge in [0.25, 0.3) is 0 Å². The molecule has 0 aliphatic carbocycles. The van der Waals surface area contributed by atoms with Crippen LogP contribution < -0.4 is 0 Å². The second-order valence-corrected chi connectivity index (χ2v) is 13.3. The van der Waals surface area contributed by atoms with E-state index in [1.165, 1.54) is 5.41 Å². The molecule has 0 saturated carbocycles. The molecule has 5 heteroatoms. The van der Waals surface area contributed by atoms with Crippen LogP contribution in [0.2, 0.25) is 18.1 Å². The summed E-state index contributed by atoms with van der Waals surface area (Å²) in [5.74, 6) is 0. The van der Waals surface area contributed by atoms with E-state index < -0.39 is 18.2 Å². The van der Waals surface area contributed by atoms with Crippen LogP contribution in [0.3, 0.4) is 0 Å². The SMILES string of the molecule is CC(C)(C)[Si](C)(C)OCC/C=C/S(=O)(=O)c1ccccc1. The molecule has 0 N–H and O–H groups in total. The lowest BCUT2D eigenvalue weighted by Crippen LogP contribution is -2.40. The standard InChI is InChI=1S/C16H26O3SSi/c1-16(2,3)21(4,5)19-13-9-10-14-20(17,18)15-11-7-6-8-12-15/h6-8,10-12,14H,9,13H2,1-5H3/b14-10+. The predicted molar refractivity (Wildman–Crippen MR) is 90.5 cm³/mol. The maximum atomic E-state index is 12.0. The highest BCUT2D eigenvalue weighted by atomic mass is 32.2. The van der Waals surface area contributed by atoms with Gasteiger partial charge < -0.3 is 4.43 Å². The van der Waals surface area contributed by atoms with Crippen molar-refractivity contribution in [3.8, 4) is 0 Å². The number of benzene rings is 1. The Kier molecular flexibility index (Phi) is 5.96. The van der Waals surface area contributed by atoms with E-state index in [0.29, 0.717) is 17.9 Å². The van der Waals surface area contributed by atoms with Gasteiger partial charge in [-0.25, -0.2) is 8.42 Å². The summed E-state index contributed by atoms with van der Waals surface area (Å²) in [6.07, 6.45) is 2.29. The number of rotatable bonds is 6. The minimum absolute atomic E-state index is 0.173. The first-order valence-corrected chi connectivity index (χ1v) is 11.6. The van der Waals surface area contributed by atoms with Crippen molar-refractivity contribution in [1.29, 1.82) is 0 Å². The van der Waals surface area contributed by atoms with Gasteiger partial charge in [0, 0.05) is 12.0 Å². The van der Waals surface area contributed by atoms with Crippen LogP contribution in [0.4, 0.5) is 0 Å². The molecule has 0 amide bonds. The van der Waals surface area contributed by atoms with Crippen molar-refractivity contribution >= 4 is 18.2 Å². The van der Waals surface area contributed by atoms with Crippen molar-refractivity contribution in [3.63, 3.8) is 0 Å². The summed E-state index contributed by atoms with van der Waals surface area (Å²) in [4.78, 5) is 0.326. The topological polar surface area (TPSA) is 43.4 Å². The smallest absolute Gasteiger partial charge is 0.199 e. The molecule has 3 nitrogen and oxygen atoms in total. The van der Waals surface area contributed by atoms with Gasteiger partial charge in [-0.2, -0.15) is 0 Å². The molecule has 0 radical (unpaired) electrons. The molecular formula is C16H26O3SSi. The lowest BCUT2D eigenvalue weighted by Gasteiger charge is -2.36. The quantitative estimate of drug-likeness (QED) is 0.575. The molecule has 0 spiro atoms. The van der Waals surface area contributed by atoms with Gasteiger partial charge in [-0.05, 0) is 36.7 Å². The first-order chi connectivity index (χ1) is 9.56. The highest BCUT2D eigenvalue weighted by Gasteiger charge is 2.36. The van der Waals surface area contributed by atoms with Crippen LogP contribution in [0.15, 0.2) is 46.7 Å². The average molecular weight is 327 g/mol. The fourth-order valence-electron chi connectivity index (χ4n) is 1.48. The summed E-state index contributed by atoms with van der Waals surface area (Å²) < 4.78 is 30.1. The zero-order valence-electron chi connectivity index (χ0n) is 13.6. The van der Waals surface area contributed by atoms with Crippen molar-refractivity contribution in [3.05, 3.63) is 41.8 Å². The van der Waals surface area contributed by atoms with Crippen molar-refractivity contribution in [2.45, 2.75) is 50.2 Å². The second-order valence-electron chi connectivity index (χ2n) is 6.63. The van der Waals surface area contributed by atoms with Crippen LogP contribution in [0.25, 0.3) is 0 Å². The van der Waals surface area contributed by atoms with Crippen LogP contribution in [0.1, 0.15) is 27.2 Å². The molecule has 1 rings (SSSR count). The van der Waals surface area contributed by atoms with Crippen LogP contribution in [-0.4, -0.2) is 23.3 Å². The highest BCUT2D eigenvalue weighted by Crippen LogP contribution is 2.36. The summed E-state index contributed by atoms with van der Waals surface area (Å²) in [5.41, 5.74) is 0. The Morgan fingerprint density at radius 2 is 1.71 bits per heavy atom. The maximum absolute atomic E-state index is 12.0. The van der Waals surface area contributed by atoms with E-state index in [1.807, 2.05) is 0 Å². The molecule has 0 bridgehead atoms. The molecule has 0 aromatic heterocycles. The molecule has 0 fully saturated rings. The molecule has 21 heavy (non-hydrogen) atoms. The van der Waals surface area contributed by atoms with Gasteiger partial charge in [-0.15, -0.1) is 0 Å². The monoisotopic (exact) mass is 326 g/mol. The third kappa shape index (κ3) is 5.41. The van der Waals surface area contributed by atoms with Crippen molar-refractivity contribution < 1.29 is 12.8 Å².